The number of carbonyl (C=O) groups is 3. The third kappa shape index (κ3) is 5.88. The van der Waals surface area contributed by atoms with Crippen molar-refractivity contribution in [1.82, 2.24) is 9.88 Å². The summed E-state index contributed by atoms with van der Waals surface area (Å²) >= 11 is 0. The highest BCUT2D eigenvalue weighted by atomic mass is 19.1. The molecule has 8 nitrogen and oxygen atoms in total. The Kier molecular flexibility index (Phi) is 8.16. The smallest absolute Gasteiger partial charge is 0.303 e. The molecule has 38 heavy (non-hydrogen) atoms. The lowest BCUT2D eigenvalue weighted by Crippen LogP contribution is -2.40. The number of amides is 1. The maximum absolute atomic E-state index is 14.8. The largest absolute Gasteiger partial charge is 0.481 e. The summed E-state index contributed by atoms with van der Waals surface area (Å²) in [4.78, 5) is 39.8. The molecule has 1 aromatic carbocycles. The summed E-state index contributed by atoms with van der Waals surface area (Å²) in [5.74, 6) is -0.219. The van der Waals surface area contributed by atoms with Crippen LogP contribution in [0.3, 0.4) is 0 Å². The standard InChI is InChI=1S/C22H26FN3O2.C7H10O3/c1-22(2)9-7-13-11-14(12-16(23)19(13)22)24-21(27)20-15-5-6-18(28-4)25-17(15)8-10-26(20)3;8-4-6-1-5(2-6)3-7(9)10/h5-6,11-12,20H,7-10H2,1-4H3,(H,24,27);4-6H,1-3H2,(H,9,10). The summed E-state index contributed by atoms with van der Waals surface area (Å²) < 4.78 is 20.0. The molecule has 1 fully saturated rings. The molecule has 1 amide bonds. The predicted octanol–water partition coefficient (Wildman–Crippen LogP) is 4.31. The van der Waals surface area contributed by atoms with E-state index in [2.05, 4.69) is 24.1 Å². The van der Waals surface area contributed by atoms with Crippen molar-refractivity contribution in [2.75, 3.05) is 26.0 Å². The molecule has 2 aliphatic carbocycles. The molecule has 0 saturated heterocycles. The van der Waals surface area contributed by atoms with Crippen molar-refractivity contribution in [1.29, 1.82) is 0 Å². The molecule has 1 aromatic heterocycles. The molecule has 2 N–H and O–H groups in total. The van der Waals surface area contributed by atoms with Gasteiger partial charge in [-0.1, -0.05) is 13.8 Å². The fourth-order valence-electron chi connectivity index (χ4n) is 5.83. The molecule has 3 aliphatic rings. The zero-order chi connectivity index (χ0) is 27.6. The van der Waals surface area contributed by atoms with E-state index in [1.165, 1.54) is 6.07 Å². The van der Waals surface area contributed by atoms with Crippen molar-refractivity contribution < 1.29 is 28.6 Å². The summed E-state index contributed by atoms with van der Waals surface area (Å²) in [6, 6.07) is 6.57. The van der Waals surface area contributed by atoms with E-state index in [1.807, 2.05) is 24.1 Å². The molecule has 0 radical (unpaired) electrons. The van der Waals surface area contributed by atoms with Gasteiger partial charge >= 0.3 is 5.97 Å². The van der Waals surface area contributed by atoms with E-state index in [0.717, 1.165) is 67.3 Å². The third-order valence-corrected chi connectivity index (χ3v) is 7.94. The zero-order valence-corrected chi connectivity index (χ0v) is 22.4. The number of aldehydes is 1. The summed E-state index contributed by atoms with van der Waals surface area (Å²) in [6.07, 6.45) is 5.20. The Morgan fingerprint density at radius 3 is 2.66 bits per heavy atom. The minimum atomic E-state index is -0.755. The number of nitrogens with zero attached hydrogens (tertiary/aromatic N) is 2. The number of aliphatic carboxylic acids is 1. The van der Waals surface area contributed by atoms with Gasteiger partial charge in [0.1, 0.15) is 18.1 Å². The van der Waals surface area contributed by atoms with Gasteiger partial charge in [-0.3, -0.25) is 14.5 Å². The number of benzene rings is 1. The van der Waals surface area contributed by atoms with Crippen LogP contribution in [-0.2, 0) is 32.6 Å². The summed E-state index contributed by atoms with van der Waals surface area (Å²) in [5, 5.41) is 11.2. The molecular formula is C29H36FN3O5. The molecular weight excluding hydrogens is 489 g/mol. The second-order valence-electron chi connectivity index (χ2n) is 11.2. The van der Waals surface area contributed by atoms with E-state index in [1.54, 1.807) is 13.2 Å². The van der Waals surface area contributed by atoms with Crippen LogP contribution in [0.1, 0.15) is 68.0 Å². The Labute approximate surface area is 222 Å². The summed E-state index contributed by atoms with van der Waals surface area (Å²) in [5.41, 5.74) is 3.87. The molecule has 9 heteroatoms. The Morgan fingerprint density at radius 2 is 2.00 bits per heavy atom. The minimum Gasteiger partial charge on any atom is -0.481 e. The van der Waals surface area contributed by atoms with E-state index >= 15 is 0 Å². The topological polar surface area (TPSA) is 109 Å². The maximum Gasteiger partial charge on any atom is 0.303 e. The van der Waals surface area contributed by atoms with Crippen LogP contribution in [-0.4, -0.2) is 53.9 Å². The number of rotatable bonds is 6. The van der Waals surface area contributed by atoms with Crippen molar-refractivity contribution in [3.05, 3.63) is 52.5 Å². The molecule has 204 valence electrons. The number of carbonyl (C=O) groups excluding carboxylic acids is 2. The zero-order valence-electron chi connectivity index (χ0n) is 22.4. The Balaban J connectivity index is 0.000000283. The van der Waals surface area contributed by atoms with Crippen molar-refractivity contribution in [3.8, 4) is 5.88 Å². The fourth-order valence-corrected chi connectivity index (χ4v) is 5.83. The minimum absolute atomic E-state index is 0.143. The first kappa shape index (κ1) is 27.7. The third-order valence-electron chi connectivity index (χ3n) is 7.94. The maximum atomic E-state index is 14.8. The van der Waals surface area contributed by atoms with Crippen LogP contribution in [0.4, 0.5) is 10.1 Å². The van der Waals surface area contributed by atoms with E-state index in [-0.39, 0.29) is 35.4 Å². The van der Waals surface area contributed by atoms with Crippen LogP contribution in [0.5, 0.6) is 5.88 Å². The lowest BCUT2D eigenvalue weighted by molar-refractivity contribution is -0.139. The monoisotopic (exact) mass is 525 g/mol. The summed E-state index contributed by atoms with van der Waals surface area (Å²) in [7, 11) is 3.50. The van der Waals surface area contributed by atoms with Crippen LogP contribution in [0.15, 0.2) is 24.3 Å². The first-order chi connectivity index (χ1) is 18.0. The molecule has 2 heterocycles. The highest BCUT2D eigenvalue weighted by molar-refractivity contribution is 5.96. The fraction of sp³-hybridized carbons (Fsp3) is 0.517. The predicted molar refractivity (Wildman–Crippen MR) is 141 cm³/mol. The quantitative estimate of drug-likeness (QED) is 0.541. The van der Waals surface area contributed by atoms with Crippen LogP contribution < -0.4 is 10.1 Å². The lowest BCUT2D eigenvalue weighted by Gasteiger charge is -2.33. The van der Waals surface area contributed by atoms with Gasteiger partial charge in [0.25, 0.3) is 0 Å². The van der Waals surface area contributed by atoms with Crippen molar-refractivity contribution in [3.63, 3.8) is 0 Å². The second kappa shape index (κ2) is 11.2. The lowest BCUT2D eigenvalue weighted by atomic mass is 9.74. The molecule has 0 bridgehead atoms. The van der Waals surface area contributed by atoms with Crippen LogP contribution in [0.2, 0.25) is 0 Å². The van der Waals surface area contributed by atoms with Crippen LogP contribution >= 0.6 is 0 Å². The molecule has 1 atom stereocenters. The summed E-state index contributed by atoms with van der Waals surface area (Å²) in [6.45, 7) is 4.85. The van der Waals surface area contributed by atoms with Gasteiger partial charge in [0, 0.05) is 42.6 Å². The van der Waals surface area contributed by atoms with Crippen molar-refractivity contribution in [2.45, 2.75) is 63.8 Å². The Morgan fingerprint density at radius 1 is 1.26 bits per heavy atom. The van der Waals surface area contributed by atoms with Crippen LogP contribution in [0, 0.1) is 17.7 Å². The molecule has 1 aliphatic heterocycles. The van der Waals surface area contributed by atoms with Gasteiger partial charge < -0.3 is 20.0 Å². The van der Waals surface area contributed by atoms with Crippen molar-refractivity contribution >= 4 is 23.9 Å². The number of halogens is 1. The highest BCUT2D eigenvalue weighted by Gasteiger charge is 2.35. The molecule has 0 spiro atoms. The average molecular weight is 526 g/mol. The number of anilines is 1. The number of fused-ring (bicyclic) bond motifs is 2. The molecule has 1 unspecified atom stereocenters. The van der Waals surface area contributed by atoms with Gasteiger partial charge in [-0.05, 0) is 73.4 Å². The average Bonchev–Trinajstić information content (AvgIpc) is 3.15. The number of methoxy groups -OCH3 is 1. The van der Waals surface area contributed by atoms with E-state index < -0.39 is 12.0 Å². The van der Waals surface area contributed by atoms with E-state index in [4.69, 9.17) is 9.84 Å². The highest BCUT2D eigenvalue weighted by Crippen LogP contribution is 2.41. The Hall–Kier alpha value is -3.33. The number of carboxylic acid groups (broad SMARTS) is 1. The number of ether oxygens (including phenoxy) is 1. The molecule has 1 saturated carbocycles. The van der Waals surface area contributed by atoms with E-state index in [9.17, 15) is 18.8 Å². The van der Waals surface area contributed by atoms with Gasteiger partial charge in [0.05, 0.1) is 12.8 Å². The number of carboxylic acids is 1. The number of likely N-dealkylation sites (N-methyl/N-ethyl adjacent to an activating group) is 1. The first-order valence-electron chi connectivity index (χ1n) is 13.1. The van der Waals surface area contributed by atoms with Crippen LogP contribution in [0.25, 0.3) is 0 Å². The Bertz CT molecular complexity index is 1220. The van der Waals surface area contributed by atoms with Gasteiger partial charge in [-0.2, -0.15) is 0 Å². The number of aryl methyl sites for hydroxylation is 1. The molecule has 5 rings (SSSR count). The first-order valence-corrected chi connectivity index (χ1v) is 13.1. The van der Waals surface area contributed by atoms with Gasteiger partial charge in [0.2, 0.25) is 11.8 Å². The van der Waals surface area contributed by atoms with Gasteiger partial charge in [-0.25, -0.2) is 9.37 Å². The number of hydrogen-bond acceptors (Lipinski definition) is 6. The van der Waals surface area contributed by atoms with Gasteiger partial charge in [0.15, 0.2) is 0 Å². The normalized spacial score (nSPS) is 23.1. The van der Waals surface area contributed by atoms with Crippen molar-refractivity contribution in [2.24, 2.45) is 11.8 Å². The molecule has 2 aromatic rings. The number of pyridine rings is 1. The van der Waals surface area contributed by atoms with Gasteiger partial charge in [-0.15, -0.1) is 0 Å². The SMILES string of the molecule is COc1ccc2c(n1)CCN(C)C2C(=O)Nc1cc(F)c2c(c1)CCC2(C)C.O=CC1CC(CC(=O)O)C1. The van der Waals surface area contributed by atoms with E-state index in [0.29, 0.717) is 11.6 Å². The second-order valence-corrected chi connectivity index (χ2v) is 11.2. The number of hydrogen-bond donors (Lipinski definition) is 2. The number of aromatic nitrogens is 1. The number of nitrogens with one attached hydrogen (secondary N) is 1.